The summed E-state index contributed by atoms with van der Waals surface area (Å²) in [6, 6.07) is 0.132. The summed E-state index contributed by atoms with van der Waals surface area (Å²) < 4.78 is 1.66. The van der Waals surface area contributed by atoms with Gasteiger partial charge >= 0.3 is 5.97 Å². The second-order valence-corrected chi connectivity index (χ2v) is 3.79. The first-order chi connectivity index (χ1) is 6.43. The van der Waals surface area contributed by atoms with Crippen LogP contribution in [-0.4, -0.2) is 25.8 Å². The van der Waals surface area contributed by atoms with Gasteiger partial charge in [-0.3, -0.25) is 0 Å². The van der Waals surface area contributed by atoms with Crippen molar-refractivity contribution in [2.24, 2.45) is 0 Å². The van der Waals surface area contributed by atoms with E-state index in [2.05, 4.69) is 10.1 Å². The van der Waals surface area contributed by atoms with Gasteiger partial charge in [-0.25, -0.2) is 14.5 Å². The topological polar surface area (TPSA) is 68.0 Å². The standard InChI is InChI=1S/C9H15N3O2/c1-5(2)8-10-7(9(13)14)11-12(8)6(3)4/h5-6H,1-4H3,(H,13,14). The van der Waals surface area contributed by atoms with Crippen molar-refractivity contribution in [1.29, 1.82) is 0 Å². The van der Waals surface area contributed by atoms with Crippen LogP contribution in [0.15, 0.2) is 0 Å². The van der Waals surface area contributed by atoms with E-state index in [0.717, 1.165) is 5.82 Å². The van der Waals surface area contributed by atoms with Crippen molar-refractivity contribution in [3.8, 4) is 0 Å². The van der Waals surface area contributed by atoms with Crippen LogP contribution in [0.4, 0.5) is 0 Å². The molecule has 0 fully saturated rings. The summed E-state index contributed by atoms with van der Waals surface area (Å²) in [5, 5.41) is 12.7. The molecule has 5 heteroatoms. The molecule has 5 nitrogen and oxygen atoms in total. The molecule has 0 atom stereocenters. The Morgan fingerprint density at radius 2 is 1.93 bits per heavy atom. The fourth-order valence-corrected chi connectivity index (χ4v) is 1.20. The van der Waals surface area contributed by atoms with Crippen molar-refractivity contribution in [2.75, 3.05) is 0 Å². The molecule has 0 amide bonds. The molecule has 0 aromatic carbocycles. The molecule has 0 radical (unpaired) electrons. The summed E-state index contributed by atoms with van der Waals surface area (Å²) in [5.74, 6) is -0.302. The van der Waals surface area contributed by atoms with E-state index in [1.165, 1.54) is 0 Å². The molecule has 0 aliphatic carbocycles. The Morgan fingerprint density at radius 3 is 2.21 bits per heavy atom. The summed E-state index contributed by atoms with van der Waals surface area (Å²) in [6.07, 6.45) is 0. The number of aromatic carboxylic acids is 1. The molecule has 14 heavy (non-hydrogen) atoms. The van der Waals surface area contributed by atoms with Crippen molar-refractivity contribution in [3.05, 3.63) is 11.6 Å². The highest BCUT2D eigenvalue weighted by molar-refractivity contribution is 5.82. The highest BCUT2D eigenvalue weighted by Crippen LogP contribution is 2.16. The van der Waals surface area contributed by atoms with E-state index in [-0.39, 0.29) is 17.8 Å². The molecule has 0 saturated heterocycles. The van der Waals surface area contributed by atoms with E-state index in [1.807, 2.05) is 27.7 Å². The number of carboxylic acid groups (broad SMARTS) is 1. The Morgan fingerprint density at radius 1 is 1.36 bits per heavy atom. The number of carboxylic acids is 1. The van der Waals surface area contributed by atoms with Crippen molar-refractivity contribution in [3.63, 3.8) is 0 Å². The summed E-state index contributed by atoms with van der Waals surface area (Å²) in [5.41, 5.74) is 0. The van der Waals surface area contributed by atoms with E-state index >= 15 is 0 Å². The average molecular weight is 197 g/mol. The molecular formula is C9H15N3O2. The molecule has 1 aromatic heterocycles. The zero-order valence-electron chi connectivity index (χ0n) is 8.85. The van der Waals surface area contributed by atoms with Crippen LogP contribution in [0.25, 0.3) is 0 Å². The van der Waals surface area contributed by atoms with Crippen molar-refractivity contribution in [2.45, 2.75) is 39.7 Å². The maximum atomic E-state index is 10.7. The van der Waals surface area contributed by atoms with Gasteiger partial charge < -0.3 is 5.11 Å². The second kappa shape index (κ2) is 3.77. The molecular weight excluding hydrogens is 182 g/mol. The van der Waals surface area contributed by atoms with Crippen LogP contribution in [0.3, 0.4) is 0 Å². The second-order valence-electron chi connectivity index (χ2n) is 3.79. The minimum atomic E-state index is -1.08. The zero-order chi connectivity index (χ0) is 10.9. The van der Waals surface area contributed by atoms with E-state index in [1.54, 1.807) is 4.68 Å². The lowest BCUT2D eigenvalue weighted by Gasteiger charge is -2.10. The molecule has 0 spiro atoms. The van der Waals surface area contributed by atoms with Gasteiger partial charge in [0.05, 0.1) is 0 Å². The van der Waals surface area contributed by atoms with E-state index in [9.17, 15) is 4.79 Å². The van der Waals surface area contributed by atoms with E-state index < -0.39 is 5.97 Å². The number of hydrogen-bond acceptors (Lipinski definition) is 3. The van der Waals surface area contributed by atoms with Gasteiger partial charge in [0, 0.05) is 12.0 Å². The number of nitrogens with zero attached hydrogens (tertiary/aromatic N) is 3. The monoisotopic (exact) mass is 197 g/mol. The Hall–Kier alpha value is -1.39. The molecule has 1 N–H and O–H groups in total. The lowest BCUT2D eigenvalue weighted by Crippen LogP contribution is -2.09. The van der Waals surface area contributed by atoms with Gasteiger partial charge in [-0.05, 0) is 13.8 Å². The lowest BCUT2D eigenvalue weighted by molar-refractivity contribution is 0.0683. The van der Waals surface area contributed by atoms with Crippen LogP contribution < -0.4 is 0 Å². The van der Waals surface area contributed by atoms with Gasteiger partial charge in [0.1, 0.15) is 5.82 Å². The Kier molecular flexibility index (Phi) is 2.88. The summed E-state index contributed by atoms with van der Waals surface area (Å²) >= 11 is 0. The number of aromatic nitrogens is 3. The molecule has 1 rings (SSSR count). The highest BCUT2D eigenvalue weighted by atomic mass is 16.4. The van der Waals surface area contributed by atoms with Crippen LogP contribution in [0.5, 0.6) is 0 Å². The molecule has 78 valence electrons. The summed E-state index contributed by atoms with van der Waals surface area (Å²) in [4.78, 5) is 14.7. The average Bonchev–Trinajstić information content (AvgIpc) is 2.47. The first-order valence-electron chi connectivity index (χ1n) is 4.63. The van der Waals surface area contributed by atoms with E-state index in [0.29, 0.717) is 0 Å². The lowest BCUT2D eigenvalue weighted by atomic mass is 10.2. The van der Waals surface area contributed by atoms with Gasteiger partial charge in [0.2, 0.25) is 0 Å². The van der Waals surface area contributed by atoms with Crippen molar-refractivity contribution >= 4 is 5.97 Å². The zero-order valence-corrected chi connectivity index (χ0v) is 8.85. The first-order valence-corrected chi connectivity index (χ1v) is 4.63. The van der Waals surface area contributed by atoms with Gasteiger partial charge in [-0.1, -0.05) is 13.8 Å². The maximum Gasteiger partial charge on any atom is 0.375 e. The largest absolute Gasteiger partial charge is 0.475 e. The smallest absolute Gasteiger partial charge is 0.375 e. The maximum absolute atomic E-state index is 10.7. The third kappa shape index (κ3) is 1.92. The Bertz CT molecular complexity index is 316. The van der Waals surface area contributed by atoms with Crippen molar-refractivity contribution < 1.29 is 9.90 Å². The van der Waals surface area contributed by atoms with Crippen LogP contribution in [0, 0.1) is 0 Å². The molecule has 0 aliphatic heterocycles. The Labute approximate surface area is 82.8 Å². The number of rotatable bonds is 3. The third-order valence-electron chi connectivity index (χ3n) is 1.85. The van der Waals surface area contributed by atoms with Crippen LogP contribution in [0.2, 0.25) is 0 Å². The summed E-state index contributed by atoms with van der Waals surface area (Å²) in [7, 11) is 0. The van der Waals surface area contributed by atoms with E-state index in [4.69, 9.17) is 5.11 Å². The van der Waals surface area contributed by atoms with Gasteiger partial charge in [-0.2, -0.15) is 0 Å². The predicted molar refractivity (Wildman–Crippen MR) is 51.5 cm³/mol. The molecule has 0 unspecified atom stereocenters. The SMILES string of the molecule is CC(C)c1nc(C(=O)O)nn1C(C)C. The van der Waals surface area contributed by atoms with Gasteiger partial charge in [0.25, 0.3) is 5.82 Å². The van der Waals surface area contributed by atoms with Gasteiger partial charge in [-0.15, -0.1) is 5.10 Å². The quantitative estimate of drug-likeness (QED) is 0.800. The number of hydrogen-bond donors (Lipinski definition) is 1. The molecule has 1 heterocycles. The van der Waals surface area contributed by atoms with Crippen LogP contribution in [-0.2, 0) is 0 Å². The first kappa shape index (κ1) is 10.7. The normalized spacial score (nSPS) is 11.3. The van der Waals surface area contributed by atoms with Crippen molar-refractivity contribution in [1.82, 2.24) is 14.8 Å². The third-order valence-corrected chi connectivity index (χ3v) is 1.85. The fraction of sp³-hybridized carbons (Fsp3) is 0.667. The molecule has 1 aromatic rings. The van der Waals surface area contributed by atoms with Gasteiger partial charge in [0.15, 0.2) is 0 Å². The fourth-order valence-electron chi connectivity index (χ4n) is 1.20. The predicted octanol–water partition coefficient (Wildman–Crippen LogP) is 1.68. The summed E-state index contributed by atoms with van der Waals surface area (Å²) in [6.45, 7) is 7.83. The Balaban J connectivity index is 3.19. The van der Waals surface area contributed by atoms with Crippen LogP contribution >= 0.6 is 0 Å². The highest BCUT2D eigenvalue weighted by Gasteiger charge is 2.18. The minimum absolute atomic E-state index is 0.123. The molecule has 0 bridgehead atoms. The minimum Gasteiger partial charge on any atom is -0.475 e. The molecule has 0 aliphatic rings. The molecule has 0 saturated carbocycles. The van der Waals surface area contributed by atoms with Crippen LogP contribution in [0.1, 0.15) is 56.1 Å². The number of carbonyl (C=O) groups is 1.